The van der Waals surface area contributed by atoms with Gasteiger partial charge in [-0.2, -0.15) is 0 Å². The molecule has 0 amide bonds. The minimum atomic E-state index is 0.869. The third kappa shape index (κ3) is 4.54. The topological polar surface area (TPSA) is 12.4 Å². The third-order valence-corrected chi connectivity index (χ3v) is 1.90. The van der Waals surface area contributed by atoms with Gasteiger partial charge in [-0.15, -0.1) is 0 Å². The van der Waals surface area contributed by atoms with Gasteiger partial charge in [0.2, 0.25) is 0 Å². The molecule has 10 heavy (non-hydrogen) atoms. The summed E-state index contributed by atoms with van der Waals surface area (Å²) in [6, 6.07) is 0. The molecule has 60 valence electrons. The van der Waals surface area contributed by atoms with Crippen molar-refractivity contribution in [3.63, 3.8) is 0 Å². The maximum atomic E-state index is 3.98. The van der Waals surface area contributed by atoms with Gasteiger partial charge in [-0.3, -0.25) is 0 Å². The predicted molar refractivity (Wildman–Crippen MR) is 47.7 cm³/mol. The van der Waals surface area contributed by atoms with E-state index in [0.29, 0.717) is 0 Å². The normalized spacial score (nSPS) is 14.3. The zero-order valence-electron chi connectivity index (χ0n) is 7.43. The molecule has 0 fully saturated rings. The first-order valence-corrected chi connectivity index (χ1v) is 4.25. The first-order chi connectivity index (χ1) is 4.85. The molecule has 1 atom stereocenters. The molecule has 1 unspecified atom stereocenters. The van der Waals surface area contributed by atoms with Crippen LogP contribution in [-0.2, 0) is 0 Å². The van der Waals surface area contributed by atoms with Crippen molar-refractivity contribution in [2.45, 2.75) is 39.5 Å². The Morgan fingerprint density at radius 2 is 2.10 bits per heavy atom. The van der Waals surface area contributed by atoms with E-state index in [-0.39, 0.29) is 0 Å². The summed E-state index contributed by atoms with van der Waals surface area (Å²) in [4.78, 5) is 3.98. The van der Waals surface area contributed by atoms with Crippen LogP contribution >= 0.6 is 0 Å². The number of hydrogen-bond acceptors (Lipinski definition) is 1. The lowest BCUT2D eigenvalue weighted by molar-refractivity contribution is 0.484. The van der Waals surface area contributed by atoms with Gasteiger partial charge >= 0.3 is 0 Å². The fourth-order valence-corrected chi connectivity index (χ4v) is 1.15. The molecule has 0 rings (SSSR count). The molecule has 1 nitrogen and oxygen atoms in total. The van der Waals surface area contributed by atoms with Gasteiger partial charge in [0.15, 0.2) is 0 Å². The Bertz CT molecular complexity index is 86.7. The Morgan fingerprint density at radius 1 is 1.40 bits per heavy atom. The summed E-state index contributed by atoms with van der Waals surface area (Å²) < 4.78 is 0. The van der Waals surface area contributed by atoms with Gasteiger partial charge in [0.25, 0.3) is 0 Å². The van der Waals surface area contributed by atoms with Crippen LogP contribution in [0.4, 0.5) is 0 Å². The van der Waals surface area contributed by atoms with E-state index < -0.39 is 0 Å². The smallest absolute Gasteiger partial charge is 0.0273 e. The molecule has 0 spiro atoms. The van der Waals surface area contributed by atoms with Gasteiger partial charge in [0, 0.05) is 7.05 Å². The summed E-state index contributed by atoms with van der Waals surface area (Å²) in [6.07, 6.45) is 7.14. The molecule has 0 aliphatic rings. The third-order valence-electron chi connectivity index (χ3n) is 1.90. The first kappa shape index (κ1) is 9.67. The standard InChI is InChI=1S/C9H19N/c1-4-6-9(5-2)7-8-10-3/h8-9H,4-7H2,1-3H3. The minimum Gasteiger partial charge on any atom is -0.301 e. The van der Waals surface area contributed by atoms with Gasteiger partial charge in [-0.25, -0.2) is 0 Å². The molecule has 0 aromatic heterocycles. The van der Waals surface area contributed by atoms with Crippen LogP contribution in [0.3, 0.4) is 0 Å². The average molecular weight is 141 g/mol. The van der Waals surface area contributed by atoms with E-state index in [1.807, 2.05) is 13.3 Å². The van der Waals surface area contributed by atoms with Crippen LogP contribution in [0.15, 0.2) is 4.99 Å². The molecule has 0 saturated carbocycles. The van der Waals surface area contributed by atoms with E-state index in [1.165, 1.54) is 25.7 Å². The number of rotatable bonds is 5. The van der Waals surface area contributed by atoms with E-state index in [0.717, 1.165) is 5.92 Å². The minimum absolute atomic E-state index is 0.869. The highest BCUT2D eigenvalue weighted by molar-refractivity contribution is 5.57. The molecule has 0 heterocycles. The van der Waals surface area contributed by atoms with Crippen molar-refractivity contribution >= 4 is 6.21 Å². The van der Waals surface area contributed by atoms with Crippen molar-refractivity contribution in [1.82, 2.24) is 0 Å². The quantitative estimate of drug-likeness (QED) is 0.522. The van der Waals surface area contributed by atoms with Gasteiger partial charge < -0.3 is 4.99 Å². The molecule has 0 aliphatic heterocycles. The molecule has 1 heteroatoms. The second-order valence-corrected chi connectivity index (χ2v) is 2.74. The van der Waals surface area contributed by atoms with Crippen molar-refractivity contribution in [1.29, 1.82) is 0 Å². The maximum absolute atomic E-state index is 3.98. The highest BCUT2D eigenvalue weighted by atomic mass is 14.6. The van der Waals surface area contributed by atoms with E-state index in [1.54, 1.807) is 0 Å². The molecule has 0 N–H and O–H groups in total. The summed E-state index contributed by atoms with van der Waals surface area (Å²) in [6.45, 7) is 4.50. The Hall–Kier alpha value is -0.330. The number of hydrogen-bond donors (Lipinski definition) is 0. The highest BCUT2D eigenvalue weighted by Crippen LogP contribution is 2.13. The Balaban J connectivity index is 3.39. The largest absolute Gasteiger partial charge is 0.301 e. The van der Waals surface area contributed by atoms with E-state index in [9.17, 15) is 0 Å². The summed E-state index contributed by atoms with van der Waals surface area (Å²) in [5, 5.41) is 0. The summed E-state index contributed by atoms with van der Waals surface area (Å²) in [5.41, 5.74) is 0. The average Bonchev–Trinajstić information content (AvgIpc) is 1.98. The number of nitrogens with zero attached hydrogens (tertiary/aromatic N) is 1. The fourth-order valence-electron chi connectivity index (χ4n) is 1.15. The second kappa shape index (κ2) is 6.79. The summed E-state index contributed by atoms with van der Waals surface area (Å²) in [5.74, 6) is 0.869. The fraction of sp³-hybridized carbons (Fsp3) is 0.889. The van der Waals surface area contributed by atoms with Crippen LogP contribution < -0.4 is 0 Å². The number of aliphatic imine (C=N–C) groups is 1. The van der Waals surface area contributed by atoms with E-state index >= 15 is 0 Å². The Morgan fingerprint density at radius 3 is 2.50 bits per heavy atom. The first-order valence-electron chi connectivity index (χ1n) is 4.25. The van der Waals surface area contributed by atoms with Crippen LogP contribution in [0.1, 0.15) is 39.5 Å². The molecule has 0 aromatic carbocycles. The van der Waals surface area contributed by atoms with Crippen molar-refractivity contribution < 1.29 is 0 Å². The monoisotopic (exact) mass is 141 g/mol. The molecule has 0 aliphatic carbocycles. The van der Waals surface area contributed by atoms with Crippen LogP contribution in [-0.4, -0.2) is 13.3 Å². The lowest BCUT2D eigenvalue weighted by Crippen LogP contribution is -1.98. The molecular weight excluding hydrogens is 122 g/mol. The van der Waals surface area contributed by atoms with Gasteiger partial charge in [0.05, 0.1) is 0 Å². The second-order valence-electron chi connectivity index (χ2n) is 2.74. The van der Waals surface area contributed by atoms with Crippen molar-refractivity contribution in [2.24, 2.45) is 10.9 Å². The molecule has 0 saturated heterocycles. The lowest BCUT2D eigenvalue weighted by atomic mass is 9.98. The highest BCUT2D eigenvalue weighted by Gasteiger charge is 2.01. The van der Waals surface area contributed by atoms with E-state index in [2.05, 4.69) is 18.8 Å². The van der Waals surface area contributed by atoms with Gasteiger partial charge in [-0.1, -0.05) is 33.1 Å². The summed E-state index contributed by atoms with van der Waals surface area (Å²) >= 11 is 0. The molecule has 0 radical (unpaired) electrons. The Labute approximate surface area is 64.6 Å². The lowest BCUT2D eigenvalue weighted by Gasteiger charge is -2.08. The van der Waals surface area contributed by atoms with Crippen molar-refractivity contribution in [2.75, 3.05) is 7.05 Å². The van der Waals surface area contributed by atoms with Crippen LogP contribution in [0.25, 0.3) is 0 Å². The van der Waals surface area contributed by atoms with Crippen molar-refractivity contribution in [3.05, 3.63) is 0 Å². The Kier molecular flexibility index (Phi) is 6.56. The zero-order valence-corrected chi connectivity index (χ0v) is 7.43. The van der Waals surface area contributed by atoms with E-state index in [4.69, 9.17) is 0 Å². The van der Waals surface area contributed by atoms with Crippen LogP contribution in [0, 0.1) is 5.92 Å². The summed E-state index contributed by atoms with van der Waals surface area (Å²) in [7, 11) is 1.85. The van der Waals surface area contributed by atoms with Crippen molar-refractivity contribution in [3.8, 4) is 0 Å². The van der Waals surface area contributed by atoms with Crippen LogP contribution in [0.5, 0.6) is 0 Å². The molecule has 0 bridgehead atoms. The molecular formula is C9H19N. The molecule has 0 aromatic rings. The maximum Gasteiger partial charge on any atom is 0.0273 e. The zero-order chi connectivity index (χ0) is 7.82. The van der Waals surface area contributed by atoms with Gasteiger partial charge in [-0.05, 0) is 18.6 Å². The SMILES string of the molecule is CCCC(CC)CC=NC. The van der Waals surface area contributed by atoms with Gasteiger partial charge in [0.1, 0.15) is 0 Å². The predicted octanol–water partition coefficient (Wildman–Crippen LogP) is 2.90. The van der Waals surface area contributed by atoms with Crippen LogP contribution in [0.2, 0.25) is 0 Å².